The van der Waals surface area contributed by atoms with Crippen molar-refractivity contribution in [3.63, 3.8) is 0 Å². The van der Waals surface area contributed by atoms with Gasteiger partial charge in [0.2, 0.25) is 0 Å². The molecule has 146 valence electrons. The van der Waals surface area contributed by atoms with Crippen LogP contribution in [0, 0.1) is 0 Å². The van der Waals surface area contributed by atoms with Crippen molar-refractivity contribution in [2.45, 2.75) is 13.8 Å². The van der Waals surface area contributed by atoms with Crippen LogP contribution >= 0.6 is 0 Å². The number of rotatable bonds is 8. The summed E-state index contributed by atoms with van der Waals surface area (Å²) in [6.07, 6.45) is 1.63. The zero-order valence-corrected chi connectivity index (χ0v) is 16.3. The fourth-order valence-corrected chi connectivity index (χ4v) is 2.96. The summed E-state index contributed by atoms with van der Waals surface area (Å²) in [4.78, 5) is 27.0. The predicted molar refractivity (Wildman–Crippen MR) is 100 cm³/mol. The van der Waals surface area contributed by atoms with Crippen molar-refractivity contribution in [2.75, 3.05) is 41.1 Å². The van der Waals surface area contributed by atoms with Crippen LogP contribution in [0.2, 0.25) is 0 Å². The van der Waals surface area contributed by atoms with Crippen molar-refractivity contribution in [3.8, 4) is 11.5 Å². The van der Waals surface area contributed by atoms with Crippen LogP contribution in [0.1, 0.15) is 19.4 Å². The third kappa shape index (κ3) is 4.14. The molecule has 1 amide bonds. The van der Waals surface area contributed by atoms with E-state index in [4.69, 9.17) is 18.9 Å². The molecule has 1 aromatic rings. The Bertz CT molecular complexity index is 781. The third-order valence-electron chi connectivity index (χ3n) is 4.24. The van der Waals surface area contributed by atoms with Gasteiger partial charge in [0.1, 0.15) is 0 Å². The summed E-state index contributed by atoms with van der Waals surface area (Å²) in [7, 11) is 4.62. The minimum absolute atomic E-state index is 0.220. The SMILES string of the molecule is CCOC(=O)C1=C(C)N(CCOC)C(=O)/C1=C/c1cccc(OC)c1OC. The van der Waals surface area contributed by atoms with E-state index in [1.807, 2.05) is 0 Å². The van der Waals surface area contributed by atoms with Crippen molar-refractivity contribution < 1.29 is 28.5 Å². The fourth-order valence-electron chi connectivity index (χ4n) is 2.96. The second-order valence-corrected chi connectivity index (χ2v) is 5.77. The van der Waals surface area contributed by atoms with Crippen LogP contribution in [-0.2, 0) is 19.1 Å². The van der Waals surface area contributed by atoms with Crippen molar-refractivity contribution in [3.05, 3.63) is 40.6 Å². The number of amides is 1. The van der Waals surface area contributed by atoms with Gasteiger partial charge in [-0.25, -0.2) is 4.79 Å². The highest BCUT2D eigenvalue weighted by Crippen LogP contribution is 2.36. The first-order valence-corrected chi connectivity index (χ1v) is 8.61. The van der Waals surface area contributed by atoms with Gasteiger partial charge in [-0.05, 0) is 26.0 Å². The molecular formula is C20H25NO6. The van der Waals surface area contributed by atoms with E-state index < -0.39 is 5.97 Å². The molecule has 7 nitrogen and oxygen atoms in total. The Hall–Kier alpha value is -2.80. The number of benzene rings is 1. The molecule has 0 aliphatic carbocycles. The summed E-state index contributed by atoms with van der Waals surface area (Å²) in [6, 6.07) is 5.34. The Kier molecular flexibility index (Phi) is 7.01. The number of allylic oxidation sites excluding steroid dienone is 1. The van der Waals surface area contributed by atoms with Crippen LogP contribution in [0.5, 0.6) is 11.5 Å². The largest absolute Gasteiger partial charge is 0.493 e. The number of methoxy groups -OCH3 is 3. The molecule has 1 aliphatic rings. The van der Waals surface area contributed by atoms with E-state index in [0.29, 0.717) is 35.9 Å². The van der Waals surface area contributed by atoms with E-state index in [0.717, 1.165) is 0 Å². The molecule has 7 heteroatoms. The topological polar surface area (TPSA) is 74.3 Å². The first kappa shape index (κ1) is 20.5. The van der Waals surface area contributed by atoms with E-state index in [1.54, 1.807) is 45.2 Å². The minimum atomic E-state index is -0.531. The summed E-state index contributed by atoms with van der Waals surface area (Å²) in [5, 5.41) is 0. The maximum absolute atomic E-state index is 13.0. The molecule has 0 spiro atoms. The van der Waals surface area contributed by atoms with Gasteiger partial charge in [-0.15, -0.1) is 0 Å². The summed E-state index contributed by atoms with van der Waals surface area (Å²) >= 11 is 0. The molecule has 1 aromatic carbocycles. The lowest BCUT2D eigenvalue weighted by molar-refractivity contribution is -0.138. The fraction of sp³-hybridized carbons (Fsp3) is 0.400. The van der Waals surface area contributed by atoms with Gasteiger partial charge in [0.25, 0.3) is 5.91 Å². The number of nitrogens with zero attached hydrogens (tertiary/aromatic N) is 1. The predicted octanol–water partition coefficient (Wildman–Crippen LogP) is 2.41. The number of hydrogen-bond acceptors (Lipinski definition) is 6. The molecule has 0 saturated carbocycles. The molecule has 0 bridgehead atoms. The van der Waals surface area contributed by atoms with Crippen LogP contribution in [0.4, 0.5) is 0 Å². The number of esters is 1. The molecule has 1 aliphatic heterocycles. The number of hydrogen-bond donors (Lipinski definition) is 0. The van der Waals surface area contributed by atoms with Crippen molar-refractivity contribution >= 4 is 18.0 Å². The van der Waals surface area contributed by atoms with Crippen molar-refractivity contribution in [1.82, 2.24) is 4.90 Å². The molecule has 0 aromatic heterocycles. The number of carbonyl (C=O) groups is 2. The van der Waals surface area contributed by atoms with Gasteiger partial charge in [0, 0.05) is 24.9 Å². The third-order valence-corrected chi connectivity index (χ3v) is 4.24. The standard InChI is InChI=1S/C20H25NO6/c1-6-27-20(23)17-13(2)21(10-11-24-3)19(22)15(17)12-14-8-7-9-16(25-4)18(14)26-5/h7-9,12H,6,10-11H2,1-5H3/b15-12+. The maximum atomic E-state index is 13.0. The number of ether oxygens (including phenoxy) is 4. The first-order valence-electron chi connectivity index (χ1n) is 8.61. The van der Waals surface area contributed by atoms with Crippen LogP contribution < -0.4 is 9.47 Å². The van der Waals surface area contributed by atoms with Gasteiger partial charge < -0.3 is 23.8 Å². The summed E-state index contributed by atoms with van der Waals surface area (Å²) in [6.45, 7) is 4.37. The van der Waals surface area contributed by atoms with Crippen LogP contribution in [0.25, 0.3) is 6.08 Å². The Labute approximate surface area is 159 Å². The number of carbonyl (C=O) groups excluding carboxylic acids is 2. The quantitative estimate of drug-likeness (QED) is 0.513. The molecule has 2 rings (SSSR count). The lowest BCUT2D eigenvalue weighted by Crippen LogP contribution is -2.28. The molecule has 0 unspecified atom stereocenters. The zero-order chi connectivity index (χ0) is 20.0. The van der Waals surface area contributed by atoms with Gasteiger partial charge in [0.05, 0.1) is 38.6 Å². The molecule has 27 heavy (non-hydrogen) atoms. The second-order valence-electron chi connectivity index (χ2n) is 5.77. The normalized spacial score (nSPS) is 15.5. The smallest absolute Gasteiger partial charge is 0.340 e. The highest BCUT2D eigenvalue weighted by atomic mass is 16.5. The average Bonchev–Trinajstić information content (AvgIpc) is 2.89. The summed E-state index contributed by atoms with van der Waals surface area (Å²) < 4.78 is 21.0. The first-order chi connectivity index (χ1) is 13.0. The second kappa shape index (κ2) is 9.23. The van der Waals surface area contributed by atoms with Crippen molar-refractivity contribution in [2.24, 2.45) is 0 Å². The molecule has 0 fully saturated rings. The Morgan fingerprint density at radius 3 is 2.52 bits per heavy atom. The zero-order valence-electron chi connectivity index (χ0n) is 16.3. The van der Waals surface area contributed by atoms with E-state index in [1.165, 1.54) is 19.1 Å². The maximum Gasteiger partial charge on any atom is 0.340 e. The monoisotopic (exact) mass is 375 g/mol. The van der Waals surface area contributed by atoms with Crippen molar-refractivity contribution in [1.29, 1.82) is 0 Å². The average molecular weight is 375 g/mol. The van der Waals surface area contributed by atoms with E-state index >= 15 is 0 Å². The minimum Gasteiger partial charge on any atom is -0.493 e. The molecule has 0 N–H and O–H groups in total. The highest BCUT2D eigenvalue weighted by molar-refractivity contribution is 6.16. The molecular weight excluding hydrogens is 350 g/mol. The lowest BCUT2D eigenvalue weighted by Gasteiger charge is -2.17. The van der Waals surface area contributed by atoms with Crippen LogP contribution in [0.3, 0.4) is 0 Å². The van der Waals surface area contributed by atoms with Gasteiger partial charge >= 0.3 is 5.97 Å². The van der Waals surface area contributed by atoms with Gasteiger partial charge in [-0.1, -0.05) is 12.1 Å². The summed E-state index contributed by atoms with van der Waals surface area (Å²) in [5.41, 5.74) is 1.68. The Morgan fingerprint density at radius 2 is 1.93 bits per heavy atom. The van der Waals surface area contributed by atoms with Gasteiger partial charge in [0.15, 0.2) is 11.5 Å². The van der Waals surface area contributed by atoms with Gasteiger partial charge in [-0.2, -0.15) is 0 Å². The Morgan fingerprint density at radius 1 is 1.19 bits per heavy atom. The Balaban J connectivity index is 2.57. The van der Waals surface area contributed by atoms with E-state index in [-0.39, 0.29) is 23.7 Å². The number of para-hydroxylation sites is 1. The summed E-state index contributed by atoms with van der Waals surface area (Å²) in [5.74, 6) is 0.206. The molecule has 0 radical (unpaired) electrons. The molecule has 0 saturated heterocycles. The molecule has 0 atom stereocenters. The van der Waals surface area contributed by atoms with Gasteiger partial charge in [-0.3, -0.25) is 4.79 Å². The lowest BCUT2D eigenvalue weighted by atomic mass is 10.0. The van der Waals surface area contributed by atoms with Crippen LogP contribution in [0.15, 0.2) is 35.0 Å². The highest BCUT2D eigenvalue weighted by Gasteiger charge is 2.37. The van der Waals surface area contributed by atoms with Crippen LogP contribution in [-0.4, -0.2) is 57.9 Å². The van der Waals surface area contributed by atoms with E-state index in [9.17, 15) is 9.59 Å². The molecule has 1 heterocycles. The van der Waals surface area contributed by atoms with E-state index in [2.05, 4.69) is 0 Å².